The third-order valence-electron chi connectivity index (χ3n) is 0.903. The Morgan fingerprint density at radius 3 is 1.58 bits per heavy atom. The van der Waals surface area contributed by atoms with Gasteiger partial charge in [0.1, 0.15) is 0 Å². The SMILES string of the molecule is N#Cc1ccccc1.[B+3].[F-].[F-].[F-]. The van der Waals surface area contributed by atoms with E-state index in [-0.39, 0.29) is 22.5 Å². The summed E-state index contributed by atoms with van der Waals surface area (Å²) in [6.07, 6.45) is 0. The number of nitriles is 1. The minimum atomic E-state index is 0. The van der Waals surface area contributed by atoms with Crippen molar-refractivity contribution in [2.24, 2.45) is 0 Å². The van der Waals surface area contributed by atoms with E-state index in [0.29, 0.717) is 5.56 Å². The molecule has 0 aromatic heterocycles. The molecule has 0 aliphatic carbocycles. The first kappa shape index (κ1) is 22.4. The third kappa shape index (κ3) is 6.68. The molecular weight excluding hydrogens is 166 g/mol. The molecule has 0 atom stereocenters. The molecular formula is C7H5BF3N. The average molecular weight is 171 g/mol. The van der Waals surface area contributed by atoms with Crippen LogP contribution in [0.4, 0.5) is 0 Å². The minimum Gasteiger partial charge on any atom is -1.00 e. The quantitative estimate of drug-likeness (QED) is 0.355. The molecule has 1 aromatic rings. The average Bonchev–Trinajstić information content (AvgIpc) is 1.90. The molecule has 0 saturated heterocycles. The van der Waals surface area contributed by atoms with Gasteiger partial charge in [-0.05, 0) is 12.1 Å². The number of benzene rings is 1. The fraction of sp³-hybridized carbons (Fsp3) is 0. The number of rotatable bonds is 0. The zero-order valence-corrected chi connectivity index (χ0v) is 6.05. The maximum absolute atomic E-state index is 8.29. The molecule has 0 radical (unpaired) electrons. The third-order valence-corrected chi connectivity index (χ3v) is 0.903. The summed E-state index contributed by atoms with van der Waals surface area (Å²) in [6, 6.07) is 11.2. The summed E-state index contributed by atoms with van der Waals surface area (Å²) in [4.78, 5) is 0. The van der Waals surface area contributed by atoms with Crippen molar-refractivity contribution in [2.45, 2.75) is 0 Å². The first-order valence-electron chi connectivity index (χ1n) is 2.38. The van der Waals surface area contributed by atoms with Crippen molar-refractivity contribution < 1.29 is 14.1 Å². The van der Waals surface area contributed by atoms with E-state index >= 15 is 0 Å². The summed E-state index contributed by atoms with van der Waals surface area (Å²) in [7, 11) is 0. The van der Waals surface area contributed by atoms with Gasteiger partial charge in [-0.25, -0.2) is 0 Å². The van der Waals surface area contributed by atoms with Gasteiger partial charge in [0.15, 0.2) is 0 Å². The molecule has 1 aromatic carbocycles. The predicted molar refractivity (Wildman–Crippen MR) is 36.9 cm³/mol. The van der Waals surface area contributed by atoms with E-state index in [1.807, 2.05) is 24.3 Å². The van der Waals surface area contributed by atoms with E-state index < -0.39 is 0 Å². The Kier molecular flexibility index (Phi) is 22.9. The van der Waals surface area contributed by atoms with Crippen molar-refractivity contribution in [1.29, 1.82) is 5.26 Å². The normalized spacial score (nSPS) is 5.25. The van der Waals surface area contributed by atoms with Gasteiger partial charge in [0, 0.05) is 0 Å². The first-order valence-corrected chi connectivity index (χ1v) is 2.38. The Morgan fingerprint density at radius 1 is 0.917 bits per heavy atom. The van der Waals surface area contributed by atoms with Crippen molar-refractivity contribution in [3.8, 4) is 6.07 Å². The van der Waals surface area contributed by atoms with Gasteiger partial charge >= 0.3 is 8.41 Å². The Hall–Kier alpha value is -1.44. The summed E-state index contributed by atoms with van der Waals surface area (Å²) in [6.45, 7) is 0. The minimum absolute atomic E-state index is 0. The largest absolute Gasteiger partial charge is 3.00 e. The van der Waals surface area contributed by atoms with Crippen LogP contribution in [-0.4, -0.2) is 8.41 Å². The van der Waals surface area contributed by atoms with Crippen molar-refractivity contribution in [1.82, 2.24) is 0 Å². The van der Waals surface area contributed by atoms with Gasteiger partial charge in [-0.15, -0.1) is 0 Å². The molecule has 0 fully saturated rings. The Balaban J connectivity index is -0.0000000800. The maximum atomic E-state index is 8.29. The molecule has 0 heterocycles. The number of hydrogen-bond donors (Lipinski definition) is 0. The second-order valence-electron chi connectivity index (χ2n) is 1.48. The second-order valence-corrected chi connectivity index (χ2v) is 1.48. The van der Waals surface area contributed by atoms with Crippen LogP contribution in [-0.2, 0) is 0 Å². The molecule has 12 heavy (non-hydrogen) atoms. The zero-order valence-electron chi connectivity index (χ0n) is 6.05. The molecule has 0 saturated carbocycles. The fourth-order valence-electron chi connectivity index (χ4n) is 0.513. The van der Waals surface area contributed by atoms with Gasteiger partial charge in [-0.3, -0.25) is 0 Å². The van der Waals surface area contributed by atoms with Crippen molar-refractivity contribution in [2.75, 3.05) is 0 Å². The van der Waals surface area contributed by atoms with Gasteiger partial charge < -0.3 is 14.1 Å². The molecule has 0 unspecified atom stereocenters. The smallest absolute Gasteiger partial charge is 1.00 e. The summed E-state index contributed by atoms with van der Waals surface area (Å²) >= 11 is 0. The summed E-state index contributed by atoms with van der Waals surface area (Å²) in [5, 5.41) is 8.29. The molecule has 1 nitrogen and oxygen atoms in total. The molecule has 62 valence electrons. The molecule has 0 N–H and O–H groups in total. The number of halogens is 3. The van der Waals surface area contributed by atoms with E-state index in [1.54, 1.807) is 12.1 Å². The van der Waals surface area contributed by atoms with Gasteiger partial charge in [-0.1, -0.05) is 18.2 Å². The summed E-state index contributed by atoms with van der Waals surface area (Å²) in [5.41, 5.74) is 0.715. The Bertz CT molecular complexity index is 210. The van der Waals surface area contributed by atoms with Crippen LogP contribution in [0.5, 0.6) is 0 Å². The molecule has 5 heteroatoms. The van der Waals surface area contributed by atoms with Crippen LogP contribution < -0.4 is 14.1 Å². The molecule has 0 aliphatic heterocycles. The van der Waals surface area contributed by atoms with Crippen LogP contribution in [0.3, 0.4) is 0 Å². The second kappa shape index (κ2) is 12.3. The van der Waals surface area contributed by atoms with Crippen molar-refractivity contribution in [3.05, 3.63) is 35.9 Å². The van der Waals surface area contributed by atoms with Gasteiger partial charge in [0.25, 0.3) is 0 Å². The standard InChI is InChI=1S/C7H5N.B.3FH/c8-6-7-4-2-1-3-5-7;;;;/h1-5H;;3*1H/q;+3;;;/p-3. The van der Waals surface area contributed by atoms with E-state index in [4.69, 9.17) is 5.26 Å². The van der Waals surface area contributed by atoms with E-state index in [1.165, 1.54) is 0 Å². The first-order chi connectivity index (χ1) is 3.93. The Morgan fingerprint density at radius 2 is 1.33 bits per heavy atom. The van der Waals surface area contributed by atoms with E-state index in [2.05, 4.69) is 0 Å². The fourth-order valence-corrected chi connectivity index (χ4v) is 0.513. The van der Waals surface area contributed by atoms with Crippen LogP contribution in [0.1, 0.15) is 5.56 Å². The Labute approximate surface area is 70.7 Å². The molecule has 1 rings (SSSR count). The topological polar surface area (TPSA) is 23.8 Å². The summed E-state index contributed by atoms with van der Waals surface area (Å²) < 4.78 is 0. The van der Waals surface area contributed by atoms with Crippen molar-refractivity contribution in [3.63, 3.8) is 0 Å². The summed E-state index contributed by atoms with van der Waals surface area (Å²) in [5.74, 6) is 0. The molecule has 0 aliphatic rings. The van der Waals surface area contributed by atoms with Crippen LogP contribution in [0.25, 0.3) is 0 Å². The number of hydrogen-bond acceptors (Lipinski definition) is 1. The predicted octanol–water partition coefficient (Wildman–Crippen LogP) is -7.81. The van der Waals surface area contributed by atoms with Gasteiger partial charge in [-0.2, -0.15) is 5.26 Å². The van der Waals surface area contributed by atoms with Gasteiger partial charge in [0.05, 0.1) is 11.6 Å². The van der Waals surface area contributed by atoms with Crippen LogP contribution in [0, 0.1) is 11.3 Å². The number of nitrogens with zero attached hydrogens (tertiary/aromatic N) is 1. The van der Waals surface area contributed by atoms with Crippen molar-refractivity contribution >= 4 is 8.41 Å². The maximum Gasteiger partial charge on any atom is 3.00 e. The van der Waals surface area contributed by atoms with Crippen LogP contribution in [0.2, 0.25) is 0 Å². The van der Waals surface area contributed by atoms with E-state index in [0.717, 1.165) is 0 Å². The molecule has 0 spiro atoms. The van der Waals surface area contributed by atoms with Crippen LogP contribution in [0.15, 0.2) is 30.3 Å². The van der Waals surface area contributed by atoms with Gasteiger partial charge in [0.2, 0.25) is 0 Å². The monoisotopic (exact) mass is 171 g/mol. The van der Waals surface area contributed by atoms with E-state index in [9.17, 15) is 0 Å². The molecule has 0 amide bonds. The van der Waals surface area contributed by atoms with Crippen LogP contribution >= 0.6 is 0 Å². The molecule has 0 bridgehead atoms. The zero-order chi connectivity index (χ0) is 5.82.